The van der Waals surface area contributed by atoms with E-state index in [1.165, 1.54) is 0 Å². The fourth-order valence-corrected chi connectivity index (χ4v) is 2.69. The molecule has 0 saturated carbocycles. The lowest BCUT2D eigenvalue weighted by molar-refractivity contribution is -0.116. The average Bonchev–Trinajstić information content (AvgIpc) is 2.54. The second-order valence-electron chi connectivity index (χ2n) is 5.63. The Balaban J connectivity index is 1.75. The number of carbonyl (C=O) groups excluding carboxylic acids is 1. The number of hydrogen-bond acceptors (Lipinski definition) is 4. The Bertz CT molecular complexity index is 457. The van der Waals surface area contributed by atoms with Crippen molar-refractivity contribution in [3.05, 3.63) is 29.8 Å². The molecule has 1 fully saturated rings. The highest BCUT2D eigenvalue weighted by Crippen LogP contribution is 2.17. The zero-order valence-electron chi connectivity index (χ0n) is 12.4. The molecule has 21 heavy (non-hydrogen) atoms. The number of amides is 1. The predicted octanol–water partition coefficient (Wildman–Crippen LogP) is 1.18. The van der Waals surface area contributed by atoms with E-state index in [4.69, 9.17) is 10.8 Å². The van der Waals surface area contributed by atoms with Gasteiger partial charge in [-0.15, -0.1) is 0 Å². The molecule has 1 aromatic rings. The number of nitrogens with two attached hydrogens (primary N) is 1. The molecule has 0 atom stereocenters. The molecule has 0 spiro atoms. The fourth-order valence-electron chi connectivity index (χ4n) is 2.69. The summed E-state index contributed by atoms with van der Waals surface area (Å²) >= 11 is 0. The number of nitrogens with zero attached hydrogens (tertiary/aromatic N) is 1. The Labute approximate surface area is 126 Å². The smallest absolute Gasteiger partial charge is 0.225 e. The third-order valence-corrected chi connectivity index (χ3v) is 4.13. The van der Waals surface area contributed by atoms with Crippen LogP contribution in [0.25, 0.3) is 0 Å². The van der Waals surface area contributed by atoms with Gasteiger partial charge in [-0.05, 0) is 43.5 Å². The van der Waals surface area contributed by atoms with E-state index in [0.29, 0.717) is 18.9 Å². The number of rotatable bonds is 6. The maximum absolute atomic E-state index is 12.0. The van der Waals surface area contributed by atoms with Gasteiger partial charge >= 0.3 is 0 Å². The van der Waals surface area contributed by atoms with Crippen LogP contribution < -0.4 is 11.1 Å². The van der Waals surface area contributed by atoms with Crippen LogP contribution >= 0.6 is 0 Å². The summed E-state index contributed by atoms with van der Waals surface area (Å²) < 4.78 is 0. The monoisotopic (exact) mass is 291 g/mol. The van der Waals surface area contributed by atoms with Gasteiger partial charge in [-0.2, -0.15) is 0 Å². The lowest BCUT2D eigenvalue weighted by atomic mass is 9.98. The third kappa shape index (κ3) is 4.81. The van der Waals surface area contributed by atoms with E-state index in [1.807, 2.05) is 24.3 Å². The Morgan fingerprint density at radius 1 is 1.33 bits per heavy atom. The molecule has 5 heteroatoms. The first-order valence-corrected chi connectivity index (χ1v) is 7.64. The van der Waals surface area contributed by atoms with Crippen LogP contribution in [0.3, 0.4) is 0 Å². The minimum atomic E-state index is 0.0279. The van der Waals surface area contributed by atoms with Crippen molar-refractivity contribution in [3.8, 4) is 0 Å². The Hall–Kier alpha value is -1.43. The molecule has 0 aromatic heterocycles. The van der Waals surface area contributed by atoms with Crippen LogP contribution in [0.5, 0.6) is 0 Å². The SMILES string of the molecule is NCc1ccccc1NC(=O)CCN1CCC(CO)CC1. The minimum absolute atomic E-state index is 0.0279. The summed E-state index contributed by atoms with van der Waals surface area (Å²) in [5.74, 6) is 0.465. The molecule has 0 radical (unpaired) electrons. The standard InChI is InChI=1S/C16H25N3O2/c17-11-14-3-1-2-4-15(14)18-16(21)7-10-19-8-5-13(12-20)6-9-19/h1-4,13,20H,5-12,17H2,(H,18,21). The quantitative estimate of drug-likeness (QED) is 0.735. The molecular weight excluding hydrogens is 266 g/mol. The summed E-state index contributed by atoms with van der Waals surface area (Å²) in [5.41, 5.74) is 7.43. The number of para-hydroxylation sites is 1. The first-order valence-electron chi connectivity index (χ1n) is 7.64. The molecule has 0 bridgehead atoms. The Morgan fingerprint density at radius 2 is 2.05 bits per heavy atom. The van der Waals surface area contributed by atoms with Gasteiger partial charge < -0.3 is 21.1 Å². The van der Waals surface area contributed by atoms with Crippen molar-refractivity contribution in [3.63, 3.8) is 0 Å². The summed E-state index contributed by atoms with van der Waals surface area (Å²) in [6.07, 6.45) is 2.53. The number of piperidine rings is 1. The first-order chi connectivity index (χ1) is 10.2. The third-order valence-electron chi connectivity index (χ3n) is 4.13. The molecule has 1 amide bonds. The Morgan fingerprint density at radius 3 is 2.71 bits per heavy atom. The van der Waals surface area contributed by atoms with Crippen LogP contribution in [0.4, 0.5) is 5.69 Å². The predicted molar refractivity (Wildman–Crippen MR) is 83.8 cm³/mol. The lowest BCUT2D eigenvalue weighted by Crippen LogP contribution is -2.36. The summed E-state index contributed by atoms with van der Waals surface area (Å²) in [7, 11) is 0. The second kappa shape index (κ2) is 8.12. The van der Waals surface area contributed by atoms with E-state index in [2.05, 4.69) is 10.2 Å². The molecule has 5 nitrogen and oxygen atoms in total. The van der Waals surface area contributed by atoms with Gasteiger partial charge in [0.15, 0.2) is 0 Å². The molecule has 116 valence electrons. The zero-order valence-corrected chi connectivity index (χ0v) is 12.4. The van der Waals surface area contributed by atoms with Crippen molar-refractivity contribution in [2.75, 3.05) is 31.6 Å². The molecule has 2 rings (SSSR count). The number of likely N-dealkylation sites (tertiary alicyclic amines) is 1. The van der Waals surface area contributed by atoms with Crippen molar-refractivity contribution in [1.82, 2.24) is 4.90 Å². The minimum Gasteiger partial charge on any atom is -0.396 e. The second-order valence-corrected chi connectivity index (χ2v) is 5.63. The van der Waals surface area contributed by atoms with Crippen LogP contribution in [0.1, 0.15) is 24.8 Å². The van der Waals surface area contributed by atoms with Crippen molar-refractivity contribution >= 4 is 11.6 Å². The van der Waals surface area contributed by atoms with Gasteiger partial charge in [-0.3, -0.25) is 4.79 Å². The van der Waals surface area contributed by atoms with Gasteiger partial charge in [0, 0.05) is 31.8 Å². The molecule has 1 aliphatic rings. The molecule has 4 N–H and O–H groups in total. The van der Waals surface area contributed by atoms with Gasteiger partial charge in [-0.25, -0.2) is 0 Å². The average molecular weight is 291 g/mol. The first kappa shape index (κ1) is 15.9. The summed E-state index contributed by atoms with van der Waals surface area (Å²) in [6.45, 7) is 3.42. The van der Waals surface area contributed by atoms with Gasteiger partial charge in [0.1, 0.15) is 0 Å². The summed E-state index contributed by atoms with van der Waals surface area (Å²) in [6, 6.07) is 7.62. The number of nitrogens with one attached hydrogen (secondary N) is 1. The van der Waals surface area contributed by atoms with Gasteiger partial charge in [0.05, 0.1) is 0 Å². The number of hydrogen-bond donors (Lipinski definition) is 3. The summed E-state index contributed by atoms with van der Waals surface area (Å²) in [5, 5.41) is 12.1. The fraction of sp³-hybridized carbons (Fsp3) is 0.562. The van der Waals surface area contributed by atoms with Gasteiger partial charge in [-0.1, -0.05) is 18.2 Å². The number of anilines is 1. The van der Waals surface area contributed by atoms with E-state index in [-0.39, 0.29) is 12.5 Å². The number of carbonyl (C=O) groups is 1. The zero-order chi connectivity index (χ0) is 15.1. The Kier molecular flexibility index (Phi) is 6.17. The molecule has 0 unspecified atom stereocenters. The molecule has 1 aromatic carbocycles. The van der Waals surface area contributed by atoms with Gasteiger partial charge in [0.2, 0.25) is 5.91 Å². The lowest BCUT2D eigenvalue weighted by Gasteiger charge is -2.30. The molecule has 0 aliphatic carbocycles. The maximum Gasteiger partial charge on any atom is 0.225 e. The topological polar surface area (TPSA) is 78.6 Å². The van der Waals surface area contributed by atoms with E-state index >= 15 is 0 Å². The van der Waals surface area contributed by atoms with E-state index in [1.54, 1.807) is 0 Å². The highest BCUT2D eigenvalue weighted by atomic mass is 16.3. The number of benzene rings is 1. The van der Waals surface area contributed by atoms with Crippen LogP contribution in [0.15, 0.2) is 24.3 Å². The van der Waals surface area contributed by atoms with E-state index in [9.17, 15) is 4.79 Å². The van der Waals surface area contributed by atoms with Crippen molar-refractivity contribution in [2.45, 2.75) is 25.8 Å². The normalized spacial score (nSPS) is 16.9. The summed E-state index contributed by atoms with van der Waals surface area (Å²) in [4.78, 5) is 14.3. The molecule has 1 heterocycles. The molecule has 1 saturated heterocycles. The van der Waals surface area contributed by atoms with Crippen LogP contribution in [-0.4, -0.2) is 42.2 Å². The van der Waals surface area contributed by atoms with Crippen LogP contribution in [-0.2, 0) is 11.3 Å². The highest BCUT2D eigenvalue weighted by molar-refractivity contribution is 5.91. The van der Waals surface area contributed by atoms with E-state index in [0.717, 1.165) is 43.7 Å². The maximum atomic E-state index is 12.0. The largest absolute Gasteiger partial charge is 0.396 e. The molecule has 1 aliphatic heterocycles. The van der Waals surface area contributed by atoms with Crippen molar-refractivity contribution in [2.24, 2.45) is 11.7 Å². The number of aliphatic hydroxyl groups is 1. The number of aliphatic hydroxyl groups excluding tert-OH is 1. The molecular formula is C16H25N3O2. The van der Waals surface area contributed by atoms with Crippen LogP contribution in [0, 0.1) is 5.92 Å². The van der Waals surface area contributed by atoms with Gasteiger partial charge in [0.25, 0.3) is 0 Å². The highest BCUT2D eigenvalue weighted by Gasteiger charge is 2.18. The van der Waals surface area contributed by atoms with Crippen molar-refractivity contribution in [1.29, 1.82) is 0 Å². The van der Waals surface area contributed by atoms with Crippen LogP contribution in [0.2, 0.25) is 0 Å². The van der Waals surface area contributed by atoms with E-state index < -0.39 is 0 Å². The van der Waals surface area contributed by atoms with Crippen molar-refractivity contribution < 1.29 is 9.90 Å².